The van der Waals surface area contributed by atoms with E-state index in [4.69, 9.17) is 9.47 Å². The fraction of sp³-hybridized carbons (Fsp3) is 0.524. The minimum absolute atomic E-state index is 0.0230. The second-order valence-corrected chi connectivity index (χ2v) is 7.82. The zero-order valence-electron chi connectivity index (χ0n) is 16.4. The van der Waals surface area contributed by atoms with Gasteiger partial charge >= 0.3 is 0 Å². The molecule has 0 amide bonds. The monoisotopic (exact) mass is 384 g/mol. The summed E-state index contributed by atoms with van der Waals surface area (Å²) in [6, 6.07) is 6.05. The van der Waals surface area contributed by atoms with Crippen LogP contribution in [0.15, 0.2) is 36.8 Å². The number of aliphatic hydroxyl groups excluding tert-OH is 1. The Morgan fingerprint density at radius 2 is 1.79 bits per heavy atom. The quantitative estimate of drug-likeness (QED) is 0.790. The fourth-order valence-corrected chi connectivity index (χ4v) is 4.59. The van der Waals surface area contributed by atoms with Crippen molar-refractivity contribution in [2.24, 2.45) is 11.8 Å². The average Bonchev–Trinajstić information content (AvgIpc) is 3.09. The molecule has 1 saturated carbocycles. The van der Waals surface area contributed by atoms with Gasteiger partial charge in [0.15, 0.2) is 0 Å². The first-order valence-electron chi connectivity index (χ1n) is 9.79. The molecule has 1 aliphatic heterocycles. The Morgan fingerprint density at radius 1 is 1.07 bits per heavy atom. The van der Waals surface area contributed by atoms with Crippen molar-refractivity contribution >= 4 is 5.82 Å². The molecule has 150 valence electrons. The Balaban J connectivity index is 1.39. The van der Waals surface area contributed by atoms with Crippen molar-refractivity contribution in [2.75, 3.05) is 32.6 Å². The third-order valence-electron chi connectivity index (χ3n) is 5.93. The lowest BCUT2D eigenvalue weighted by Crippen LogP contribution is -2.43. The summed E-state index contributed by atoms with van der Waals surface area (Å²) in [4.78, 5) is 10.8. The summed E-state index contributed by atoms with van der Waals surface area (Å²) in [5, 5.41) is 14.0. The summed E-state index contributed by atoms with van der Waals surface area (Å²) in [7, 11) is 3.35. The van der Waals surface area contributed by atoms with Gasteiger partial charge in [0.1, 0.15) is 17.3 Å². The van der Waals surface area contributed by atoms with E-state index < -0.39 is 0 Å². The zero-order chi connectivity index (χ0) is 19.5. The maximum absolute atomic E-state index is 10.6. The molecule has 28 heavy (non-hydrogen) atoms. The normalized spacial score (nSPS) is 27.2. The largest absolute Gasteiger partial charge is 0.497 e. The van der Waals surface area contributed by atoms with Crippen LogP contribution in [0.4, 0.5) is 5.82 Å². The van der Waals surface area contributed by atoms with Crippen LogP contribution in [0, 0.1) is 11.8 Å². The second-order valence-electron chi connectivity index (χ2n) is 7.82. The number of ether oxygens (including phenoxy) is 2. The highest BCUT2D eigenvalue weighted by molar-refractivity contribution is 5.38. The third-order valence-corrected chi connectivity index (χ3v) is 5.93. The third kappa shape index (κ3) is 4.20. The van der Waals surface area contributed by atoms with Crippen LogP contribution < -0.4 is 14.8 Å². The SMILES string of the molecule is COc1cc(CN2C[C@H]3C[C@@H](Nc4cnccn4)[C@H](O)C[C@H]3C2)cc(OC)c1. The van der Waals surface area contributed by atoms with E-state index in [9.17, 15) is 5.11 Å². The maximum atomic E-state index is 10.6. The molecule has 0 radical (unpaired) electrons. The lowest BCUT2D eigenvalue weighted by atomic mass is 9.77. The highest BCUT2D eigenvalue weighted by Gasteiger charge is 2.41. The smallest absolute Gasteiger partial charge is 0.144 e. The topological polar surface area (TPSA) is 79.7 Å². The van der Waals surface area contributed by atoms with Crippen molar-refractivity contribution in [3.8, 4) is 11.5 Å². The summed E-state index contributed by atoms with van der Waals surface area (Å²) in [6.07, 6.45) is 6.43. The number of anilines is 1. The number of rotatable bonds is 6. The minimum Gasteiger partial charge on any atom is -0.497 e. The van der Waals surface area contributed by atoms with Gasteiger partial charge < -0.3 is 19.9 Å². The number of nitrogens with one attached hydrogen (secondary N) is 1. The highest BCUT2D eigenvalue weighted by atomic mass is 16.5. The Bertz CT molecular complexity index is 766. The van der Waals surface area contributed by atoms with Crippen molar-refractivity contribution < 1.29 is 14.6 Å². The van der Waals surface area contributed by atoms with Crippen LogP contribution in [0.3, 0.4) is 0 Å². The molecule has 1 aromatic carbocycles. The Labute approximate surface area is 165 Å². The molecular weight excluding hydrogens is 356 g/mol. The van der Waals surface area contributed by atoms with E-state index in [-0.39, 0.29) is 12.1 Å². The predicted molar refractivity (Wildman–Crippen MR) is 106 cm³/mol. The van der Waals surface area contributed by atoms with Gasteiger partial charge in [-0.25, -0.2) is 4.98 Å². The Kier molecular flexibility index (Phi) is 5.64. The predicted octanol–water partition coefficient (Wildman–Crippen LogP) is 2.18. The molecular formula is C21H28N4O3. The number of hydrogen-bond acceptors (Lipinski definition) is 7. The summed E-state index contributed by atoms with van der Waals surface area (Å²) in [6.45, 7) is 2.91. The minimum atomic E-state index is -0.361. The van der Waals surface area contributed by atoms with Crippen LogP contribution in [-0.4, -0.2) is 59.4 Å². The number of aromatic nitrogens is 2. The first-order valence-corrected chi connectivity index (χ1v) is 9.79. The number of aliphatic hydroxyl groups is 1. The number of benzene rings is 1. The van der Waals surface area contributed by atoms with Crippen molar-refractivity contribution in [2.45, 2.75) is 31.5 Å². The van der Waals surface area contributed by atoms with Gasteiger partial charge in [-0.05, 0) is 42.4 Å². The van der Waals surface area contributed by atoms with Gasteiger partial charge in [0.25, 0.3) is 0 Å². The van der Waals surface area contributed by atoms with E-state index >= 15 is 0 Å². The molecule has 2 fully saturated rings. The zero-order valence-corrected chi connectivity index (χ0v) is 16.4. The number of methoxy groups -OCH3 is 2. The lowest BCUT2D eigenvalue weighted by Gasteiger charge is -2.35. The van der Waals surface area contributed by atoms with E-state index in [2.05, 4.69) is 32.3 Å². The molecule has 2 N–H and O–H groups in total. The van der Waals surface area contributed by atoms with Crippen LogP contribution in [0.5, 0.6) is 11.5 Å². The molecule has 0 unspecified atom stereocenters. The van der Waals surface area contributed by atoms with Crippen LogP contribution in [-0.2, 0) is 6.54 Å². The van der Waals surface area contributed by atoms with Gasteiger partial charge in [0.05, 0.1) is 32.6 Å². The van der Waals surface area contributed by atoms with Gasteiger partial charge in [-0.1, -0.05) is 0 Å². The van der Waals surface area contributed by atoms with E-state index in [1.54, 1.807) is 32.8 Å². The number of fused-ring (bicyclic) bond motifs is 1. The molecule has 1 aliphatic carbocycles. The molecule has 1 aromatic heterocycles. The molecule has 4 rings (SSSR count). The maximum Gasteiger partial charge on any atom is 0.144 e. The molecule has 2 heterocycles. The lowest BCUT2D eigenvalue weighted by molar-refractivity contribution is 0.0735. The molecule has 1 saturated heterocycles. The van der Waals surface area contributed by atoms with Crippen molar-refractivity contribution in [3.63, 3.8) is 0 Å². The van der Waals surface area contributed by atoms with Gasteiger partial charge in [-0.2, -0.15) is 0 Å². The average molecular weight is 384 g/mol. The summed E-state index contributed by atoms with van der Waals surface area (Å²) < 4.78 is 10.8. The van der Waals surface area contributed by atoms with Crippen molar-refractivity contribution in [1.29, 1.82) is 0 Å². The number of nitrogens with zero attached hydrogens (tertiary/aromatic N) is 3. The van der Waals surface area contributed by atoms with Crippen molar-refractivity contribution in [1.82, 2.24) is 14.9 Å². The number of likely N-dealkylation sites (tertiary alicyclic amines) is 1. The Hall–Kier alpha value is -2.38. The molecule has 0 bridgehead atoms. The van der Waals surface area contributed by atoms with E-state index in [1.807, 2.05) is 6.07 Å². The van der Waals surface area contributed by atoms with E-state index in [0.29, 0.717) is 11.8 Å². The summed E-state index contributed by atoms with van der Waals surface area (Å²) in [5.41, 5.74) is 1.18. The first kappa shape index (κ1) is 19.0. The number of hydrogen-bond donors (Lipinski definition) is 2. The van der Waals surface area contributed by atoms with Gasteiger partial charge in [0.2, 0.25) is 0 Å². The molecule has 7 heteroatoms. The summed E-state index contributed by atoms with van der Waals surface area (Å²) >= 11 is 0. The van der Waals surface area contributed by atoms with Crippen LogP contribution in [0.1, 0.15) is 18.4 Å². The van der Waals surface area contributed by atoms with Crippen LogP contribution in [0.25, 0.3) is 0 Å². The van der Waals surface area contributed by atoms with Crippen LogP contribution in [0.2, 0.25) is 0 Å². The Morgan fingerprint density at radius 3 is 2.43 bits per heavy atom. The van der Waals surface area contributed by atoms with Gasteiger partial charge in [-0.3, -0.25) is 9.88 Å². The second kappa shape index (κ2) is 8.32. The van der Waals surface area contributed by atoms with Gasteiger partial charge in [0, 0.05) is 38.1 Å². The molecule has 2 aliphatic rings. The molecule has 7 nitrogen and oxygen atoms in total. The standard InChI is InChI=1S/C21H28N4O3/c1-27-17-5-14(6-18(9-17)28-2)11-25-12-15-7-19(20(26)8-16(15)13-25)24-21-10-22-3-4-23-21/h3-6,9-10,15-16,19-20,26H,7-8,11-13H2,1-2H3,(H,23,24)/t15-,16+,19-,20-/m1/s1. The highest BCUT2D eigenvalue weighted by Crippen LogP contribution is 2.38. The molecule has 2 aromatic rings. The fourth-order valence-electron chi connectivity index (χ4n) is 4.59. The van der Waals surface area contributed by atoms with Crippen LogP contribution >= 0.6 is 0 Å². The molecule has 0 spiro atoms. The van der Waals surface area contributed by atoms with E-state index in [0.717, 1.165) is 49.8 Å². The summed E-state index contributed by atoms with van der Waals surface area (Å²) in [5.74, 6) is 3.46. The first-order chi connectivity index (χ1) is 13.6. The van der Waals surface area contributed by atoms with Gasteiger partial charge in [-0.15, -0.1) is 0 Å². The molecule has 4 atom stereocenters. The van der Waals surface area contributed by atoms with Crippen molar-refractivity contribution in [3.05, 3.63) is 42.4 Å². The van der Waals surface area contributed by atoms with E-state index in [1.165, 1.54) is 5.56 Å².